The molecule has 0 aliphatic rings. The molecular formula is C10H10F3NO4S. The lowest BCUT2D eigenvalue weighted by molar-refractivity contribution is -0.119. The first kappa shape index (κ1) is 15.4. The van der Waals surface area contributed by atoms with Gasteiger partial charge >= 0.3 is 11.5 Å². The number of carbonyl (C=O) groups excluding carboxylic acids is 1. The summed E-state index contributed by atoms with van der Waals surface area (Å²) in [7, 11) is 0. The molecule has 1 amide bonds. The normalized spacial score (nSPS) is 11.4. The molecule has 0 aliphatic heterocycles. The molecule has 2 N–H and O–H groups in total. The predicted molar refractivity (Wildman–Crippen MR) is 60.8 cm³/mol. The molecule has 0 bridgehead atoms. The monoisotopic (exact) mass is 297 g/mol. The fraction of sp³-hybridized carbons (Fsp3) is 0.400. The Bertz CT molecular complexity index is 484. The molecule has 0 radical (unpaired) electrons. The fourth-order valence-corrected chi connectivity index (χ4v) is 1.62. The van der Waals surface area contributed by atoms with Crippen molar-refractivity contribution in [3.8, 4) is 0 Å². The van der Waals surface area contributed by atoms with E-state index in [1.54, 1.807) is 0 Å². The van der Waals surface area contributed by atoms with Crippen LogP contribution in [-0.2, 0) is 11.3 Å². The number of furan rings is 1. The van der Waals surface area contributed by atoms with Crippen LogP contribution >= 0.6 is 11.8 Å². The van der Waals surface area contributed by atoms with E-state index in [4.69, 9.17) is 9.52 Å². The average molecular weight is 297 g/mol. The molecule has 0 atom stereocenters. The molecule has 0 unspecified atom stereocenters. The van der Waals surface area contributed by atoms with Gasteiger partial charge in [0, 0.05) is 0 Å². The number of thioether (sulfide) groups is 1. The first-order valence-electron chi connectivity index (χ1n) is 4.99. The van der Waals surface area contributed by atoms with E-state index in [1.165, 1.54) is 13.0 Å². The summed E-state index contributed by atoms with van der Waals surface area (Å²) in [4.78, 5) is 21.8. The van der Waals surface area contributed by atoms with Crippen molar-refractivity contribution in [2.45, 2.75) is 19.0 Å². The number of carboxylic acid groups (broad SMARTS) is 1. The summed E-state index contributed by atoms with van der Waals surface area (Å²) in [6, 6.07) is 1.22. The highest BCUT2D eigenvalue weighted by atomic mass is 32.2. The minimum absolute atomic E-state index is 0.0473. The molecule has 1 aromatic rings. The number of nitrogens with one attached hydrogen (secondary N) is 1. The molecule has 0 saturated carbocycles. The molecule has 1 aromatic heterocycles. The Hall–Kier alpha value is -1.64. The van der Waals surface area contributed by atoms with Crippen LogP contribution in [0.3, 0.4) is 0 Å². The van der Waals surface area contributed by atoms with Gasteiger partial charge in [0.15, 0.2) is 0 Å². The van der Waals surface area contributed by atoms with Crippen LogP contribution in [0.25, 0.3) is 0 Å². The van der Waals surface area contributed by atoms with E-state index in [0.717, 1.165) is 0 Å². The molecule has 0 saturated heterocycles. The van der Waals surface area contributed by atoms with Crippen LogP contribution < -0.4 is 5.32 Å². The molecule has 9 heteroatoms. The maximum absolute atomic E-state index is 11.8. The minimum Gasteiger partial charge on any atom is -0.478 e. The largest absolute Gasteiger partial charge is 0.478 e. The van der Waals surface area contributed by atoms with Gasteiger partial charge in [0.25, 0.3) is 0 Å². The van der Waals surface area contributed by atoms with Crippen molar-refractivity contribution in [1.29, 1.82) is 0 Å². The number of hydrogen-bond donors (Lipinski definition) is 2. The molecule has 1 heterocycles. The number of aryl methyl sites for hydroxylation is 1. The van der Waals surface area contributed by atoms with Crippen LogP contribution in [-0.4, -0.2) is 28.2 Å². The van der Waals surface area contributed by atoms with Gasteiger partial charge in [0.2, 0.25) is 5.91 Å². The summed E-state index contributed by atoms with van der Waals surface area (Å²) in [5.41, 5.74) is -4.51. The van der Waals surface area contributed by atoms with Crippen LogP contribution in [0.5, 0.6) is 0 Å². The van der Waals surface area contributed by atoms with Crippen molar-refractivity contribution in [3.05, 3.63) is 23.2 Å². The number of rotatable bonds is 5. The lowest BCUT2D eigenvalue weighted by Crippen LogP contribution is -2.25. The van der Waals surface area contributed by atoms with E-state index in [0.29, 0.717) is 0 Å². The standard InChI is InChI=1S/C10H10F3NO4S/c1-5-7(9(16)17)2-6(18-5)3-14-8(15)4-19-10(11,12)13/h2H,3-4H2,1H3,(H,14,15)(H,16,17). The third-order valence-electron chi connectivity index (χ3n) is 2.03. The van der Waals surface area contributed by atoms with E-state index in [9.17, 15) is 22.8 Å². The van der Waals surface area contributed by atoms with E-state index in [1.807, 2.05) is 0 Å². The lowest BCUT2D eigenvalue weighted by Gasteiger charge is -2.05. The van der Waals surface area contributed by atoms with Crippen molar-refractivity contribution in [3.63, 3.8) is 0 Å². The number of alkyl halides is 3. The van der Waals surface area contributed by atoms with Gasteiger partial charge in [-0.15, -0.1) is 0 Å². The van der Waals surface area contributed by atoms with E-state index in [-0.39, 0.29) is 23.6 Å². The summed E-state index contributed by atoms with van der Waals surface area (Å²) >= 11 is -0.447. The van der Waals surface area contributed by atoms with Crippen LogP contribution in [0.2, 0.25) is 0 Å². The molecule has 0 aromatic carbocycles. The third kappa shape index (κ3) is 5.25. The minimum atomic E-state index is -4.46. The summed E-state index contributed by atoms with van der Waals surface area (Å²) < 4.78 is 40.5. The highest BCUT2D eigenvalue weighted by Gasteiger charge is 2.29. The zero-order valence-electron chi connectivity index (χ0n) is 9.71. The Balaban J connectivity index is 2.47. The van der Waals surface area contributed by atoms with Gasteiger partial charge in [-0.3, -0.25) is 4.79 Å². The second-order valence-corrected chi connectivity index (χ2v) is 4.54. The molecule has 0 fully saturated rings. The van der Waals surface area contributed by atoms with Crippen molar-refractivity contribution >= 4 is 23.6 Å². The zero-order chi connectivity index (χ0) is 14.6. The van der Waals surface area contributed by atoms with Gasteiger partial charge in [0.05, 0.1) is 12.3 Å². The highest BCUT2D eigenvalue weighted by Crippen LogP contribution is 2.29. The molecule has 0 aliphatic carbocycles. The molecule has 106 valence electrons. The number of carboxylic acids is 1. The maximum Gasteiger partial charge on any atom is 0.442 e. The Kier molecular flexibility index (Phi) is 4.87. The molecule has 5 nitrogen and oxygen atoms in total. The van der Waals surface area contributed by atoms with Crippen LogP contribution in [0.4, 0.5) is 13.2 Å². The fourth-order valence-electron chi connectivity index (χ4n) is 1.23. The van der Waals surface area contributed by atoms with Crippen molar-refractivity contribution in [2.24, 2.45) is 0 Å². The van der Waals surface area contributed by atoms with E-state index < -0.39 is 34.9 Å². The van der Waals surface area contributed by atoms with Crippen LogP contribution in [0.15, 0.2) is 10.5 Å². The quantitative estimate of drug-likeness (QED) is 0.870. The number of hydrogen-bond acceptors (Lipinski definition) is 4. The van der Waals surface area contributed by atoms with E-state index >= 15 is 0 Å². The molecular weight excluding hydrogens is 287 g/mol. The summed E-state index contributed by atoms with van der Waals surface area (Å²) in [6.07, 6.45) is 0. The number of amides is 1. The third-order valence-corrected chi connectivity index (χ3v) is 2.76. The van der Waals surface area contributed by atoms with Crippen molar-refractivity contribution in [2.75, 3.05) is 5.75 Å². The summed E-state index contributed by atoms with van der Waals surface area (Å²) in [5, 5.41) is 11.0. The predicted octanol–water partition coefficient (Wildman–Crippen LogP) is 2.16. The topological polar surface area (TPSA) is 79.5 Å². The SMILES string of the molecule is Cc1oc(CNC(=O)CSC(F)(F)F)cc1C(=O)O. The number of aromatic carboxylic acids is 1. The highest BCUT2D eigenvalue weighted by molar-refractivity contribution is 8.00. The van der Waals surface area contributed by atoms with Gasteiger partial charge in [-0.05, 0) is 24.8 Å². The van der Waals surface area contributed by atoms with Gasteiger partial charge < -0.3 is 14.8 Å². The Morgan fingerprint density at radius 3 is 2.58 bits per heavy atom. The van der Waals surface area contributed by atoms with Crippen molar-refractivity contribution in [1.82, 2.24) is 5.32 Å². The van der Waals surface area contributed by atoms with Gasteiger partial charge in [-0.25, -0.2) is 4.79 Å². The van der Waals surface area contributed by atoms with Gasteiger partial charge in [-0.1, -0.05) is 0 Å². The summed E-state index contributed by atoms with van der Waals surface area (Å²) in [5.74, 6) is -2.41. The smallest absolute Gasteiger partial charge is 0.442 e. The molecule has 1 rings (SSSR count). The first-order valence-corrected chi connectivity index (χ1v) is 5.97. The second-order valence-electron chi connectivity index (χ2n) is 3.50. The molecule has 19 heavy (non-hydrogen) atoms. The van der Waals surface area contributed by atoms with Gasteiger partial charge in [-0.2, -0.15) is 13.2 Å². The number of halogens is 3. The maximum atomic E-state index is 11.8. The summed E-state index contributed by atoms with van der Waals surface area (Å²) in [6.45, 7) is 1.28. The Morgan fingerprint density at radius 2 is 2.11 bits per heavy atom. The first-order chi connectivity index (χ1) is 8.69. The zero-order valence-corrected chi connectivity index (χ0v) is 10.5. The second kappa shape index (κ2) is 6.00. The van der Waals surface area contributed by atoms with Crippen LogP contribution in [0, 0.1) is 6.92 Å². The average Bonchev–Trinajstić information content (AvgIpc) is 2.64. The lowest BCUT2D eigenvalue weighted by atomic mass is 10.2. The molecule has 0 spiro atoms. The van der Waals surface area contributed by atoms with Crippen molar-refractivity contribution < 1.29 is 32.3 Å². The van der Waals surface area contributed by atoms with Crippen LogP contribution in [0.1, 0.15) is 21.9 Å². The Labute approximate surface area is 110 Å². The van der Waals surface area contributed by atoms with E-state index in [2.05, 4.69) is 5.32 Å². The number of carbonyl (C=O) groups is 2. The Morgan fingerprint density at radius 1 is 1.47 bits per heavy atom. The van der Waals surface area contributed by atoms with Gasteiger partial charge in [0.1, 0.15) is 17.1 Å².